The van der Waals surface area contributed by atoms with Gasteiger partial charge in [-0.1, -0.05) is 186 Å². The third-order valence-corrected chi connectivity index (χ3v) is 13.1. The van der Waals surface area contributed by atoms with Crippen molar-refractivity contribution in [3.05, 3.63) is 246 Å². The Morgan fingerprint density at radius 2 is 0.333 bits per heavy atom. The highest BCUT2D eigenvalue weighted by molar-refractivity contribution is 6.28. The summed E-state index contributed by atoms with van der Waals surface area (Å²) in [5.74, 6) is 0. The highest BCUT2D eigenvalue weighted by atomic mass is 15.2. The van der Waals surface area contributed by atoms with E-state index in [1.807, 2.05) is 0 Å². The molecule has 3 heteroatoms. The lowest BCUT2D eigenvalue weighted by atomic mass is 9.92. The lowest BCUT2D eigenvalue weighted by Crippen LogP contribution is -2.16. The van der Waals surface area contributed by atoms with Crippen LogP contribution in [-0.2, 0) is 0 Å². The zero-order valence-corrected chi connectivity index (χ0v) is 38.1. The van der Waals surface area contributed by atoms with Crippen molar-refractivity contribution in [1.82, 2.24) is 0 Å². The number of rotatable bonds is 9. The molecule has 0 saturated carbocycles. The molecule has 0 bridgehead atoms. The first-order chi connectivity index (χ1) is 32.3. The fourth-order valence-corrected chi connectivity index (χ4v) is 9.78. The Morgan fingerprint density at radius 3 is 0.515 bits per heavy atom. The maximum atomic E-state index is 2.56. The molecule has 66 heavy (non-hydrogen) atoms. The average molecular weight is 850 g/mol. The van der Waals surface area contributed by atoms with Gasteiger partial charge in [0.25, 0.3) is 0 Å². The maximum absolute atomic E-state index is 2.56. The van der Waals surface area contributed by atoms with Gasteiger partial charge in [-0.2, -0.15) is 0 Å². The highest BCUT2D eigenvalue weighted by Crippen LogP contribution is 2.55. The standard InChI is InChI=1S/C63H51N3/c1-42-22-32-47(33-23-42)64(48-34-24-43(2)25-35-48)60-52-14-6-10-18-56(52)62(57-19-11-7-15-53(57)60)66(51-40-30-46(5)31-41-51)63-58-20-12-8-16-54(58)61(55-17-9-13-21-59(55)63)65(49-36-26-44(3)27-37-49)50-38-28-45(4)29-39-50/h6-41H,1-5H3. The minimum atomic E-state index is 1.09. The molecule has 0 aliphatic carbocycles. The van der Waals surface area contributed by atoms with Gasteiger partial charge in [-0.25, -0.2) is 0 Å². The number of benzene rings is 11. The van der Waals surface area contributed by atoms with E-state index >= 15 is 0 Å². The van der Waals surface area contributed by atoms with Crippen molar-refractivity contribution < 1.29 is 0 Å². The van der Waals surface area contributed by atoms with Gasteiger partial charge in [0.1, 0.15) is 0 Å². The molecule has 11 rings (SSSR count). The number of hydrogen-bond donors (Lipinski definition) is 0. The molecule has 0 saturated heterocycles. The first kappa shape index (κ1) is 40.6. The minimum absolute atomic E-state index is 1.09. The summed E-state index contributed by atoms with van der Waals surface area (Å²) in [4.78, 5) is 7.47. The number of hydrogen-bond acceptors (Lipinski definition) is 3. The Kier molecular flexibility index (Phi) is 10.3. The molecule has 11 aromatic carbocycles. The van der Waals surface area contributed by atoms with Crippen molar-refractivity contribution in [3.8, 4) is 0 Å². The Balaban J connectivity index is 1.27. The highest BCUT2D eigenvalue weighted by Gasteiger charge is 2.29. The molecule has 11 aromatic rings. The van der Waals surface area contributed by atoms with Gasteiger partial charge in [-0.3, -0.25) is 0 Å². The van der Waals surface area contributed by atoms with Crippen LogP contribution in [0, 0.1) is 34.6 Å². The number of anilines is 9. The van der Waals surface area contributed by atoms with E-state index in [1.165, 1.54) is 49.4 Å². The summed E-state index contributed by atoms with van der Waals surface area (Å²) in [6, 6.07) is 80.8. The molecule has 3 nitrogen and oxygen atoms in total. The Labute approximate surface area is 388 Å². The number of aryl methyl sites for hydroxylation is 5. The predicted molar refractivity (Wildman–Crippen MR) is 284 cm³/mol. The average Bonchev–Trinajstić information content (AvgIpc) is 3.35. The van der Waals surface area contributed by atoms with Crippen molar-refractivity contribution in [1.29, 1.82) is 0 Å². The Hall–Kier alpha value is -8.14. The zero-order chi connectivity index (χ0) is 44.9. The van der Waals surface area contributed by atoms with Crippen molar-refractivity contribution in [3.63, 3.8) is 0 Å². The van der Waals surface area contributed by atoms with Gasteiger partial charge in [-0.05, 0) is 95.3 Å². The van der Waals surface area contributed by atoms with E-state index in [-0.39, 0.29) is 0 Å². The van der Waals surface area contributed by atoms with Crippen LogP contribution < -0.4 is 14.7 Å². The summed E-state index contributed by atoms with van der Waals surface area (Å²) in [6.07, 6.45) is 0. The molecule has 0 aliphatic heterocycles. The molecular formula is C63H51N3. The molecule has 0 fully saturated rings. The summed E-state index contributed by atoms with van der Waals surface area (Å²) in [5.41, 5.74) is 16.3. The van der Waals surface area contributed by atoms with Crippen LogP contribution in [0.2, 0.25) is 0 Å². The molecule has 0 amide bonds. The second-order valence-electron chi connectivity index (χ2n) is 17.8. The fraction of sp³-hybridized carbons (Fsp3) is 0.0794. The van der Waals surface area contributed by atoms with Gasteiger partial charge in [0.2, 0.25) is 0 Å². The summed E-state index contributed by atoms with van der Waals surface area (Å²) in [7, 11) is 0. The van der Waals surface area contributed by atoms with Crippen LogP contribution in [0.5, 0.6) is 0 Å². The summed E-state index contributed by atoms with van der Waals surface area (Å²) < 4.78 is 0. The van der Waals surface area contributed by atoms with Crippen LogP contribution in [0.3, 0.4) is 0 Å². The van der Waals surface area contributed by atoms with Gasteiger partial charge in [0, 0.05) is 71.5 Å². The Bertz CT molecular complexity index is 3130. The van der Waals surface area contributed by atoms with Gasteiger partial charge < -0.3 is 14.7 Å². The Morgan fingerprint density at radius 1 is 0.182 bits per heavy atom. The van der Waals surface area contributed by atoms with Crippen LogP contribution in [-0.4, -0.2) is 0 Å². The molecule has 0 unspecified atom stereocenters. The monoisotopic (exact) mass is 849 g/mol. The third-order valence-electron chi connectivity index (χ3n) is 13.1. The lowest BCUT2D eigenvalue weighted by Gasteiger charge is -2.35. The summed E-state index contributed by atoms with van der Waals surface area (Å²) in [5, 5.41) is 9.31. The van der Waals surface area contributed by atoms with E-state index in [2.05, 4.69) is 268 Å². The van der Waals surface area contributed by atoms with Crippen molar-refractivity contribution in [2.24, 2.45) is 0 Å². The first-order valence-electron chi connectivity index (χ1n) is 22.9. The molecule has 0 radical (unpaired) electrons. The second kappa shape index (κ2) is 16.8. The molecule has 0 atom stereocenters. The van der Waals surface area contributed by atoms with E-state index in [1.54, 1.807) is 0 Å². The molecule has 0 heterocycles. The minimum Gasteiger partial charge on any atom is -0.309 e. The zero-order valence-electron chi connectivity index (χ0n) is 38.1. The van der Waals surface area contributed by atoms with Gasteiger partial charge >= 0.3 is 0 Å². The van der Waals surface area contributed by atoms with Gasteiger partial charge in [-0.15, -0.1) is 0 Å². The molecule has 0 aliphatic rings. The molecule has 0 aromatic heterocycles. The topological polar surface area (TPSA) is 9.72 Å². The third kappa shape index (κ3) is 7.10. The largest absolute Gasteiger partial charge is 0.309 e. The van der Waals surface area contributed by atoms with Gasteiger partial charge in [0.05, 0.1) is 22.7 Å². The van der Waals surface area contributed by atoms with Crippen molar-refractivity contribution in [2.45, 2.75) is 34.6 Å². The quantitative estimate of drug-likeness (QED) is 0.106. The smallest absolute Gasteiger partial charge is 0.0620 e. The summed E-state index contributed by atoms with van der Waals surface area (Å²) in [6.45, 7) is 10.8. The molecule has 0 N–H and O–H groups in total. The van der Waals surface area contributed by atoms with Crippen LogP contribution in [0.25, 0.3) is 43.1 Å². The predicted octanol–water partition coefficient (Wildman–Crippen LogP) is 18.3. The van der Waals surface area contributed by atoms with Crippen LogP contribution in [0.1, 0.15) is 27.8 Å². The first-order valence-corrected chi connectivity index (χ1v) is 22.9. The van der Waals surface area contributed by atoms with Crippen molar-refractivity contribution >= 4 is 94.3 Å². The van der Waals surface area contributed by atoms with Crippen LogP contribution >= 0.6 is 0 Å². The lowest BCUT2D eigenvalue weighted by molar-refractivity contribution is 1.28. The van der Waals surface area contributed by atoms with E-state index < -0.39 is 0 Å². The second-order valence-corrected chi connectivity index (χ2v) is 17.8. The number of nitrogens with zero attached hydrogens (tertiary/aromatic N) is 3. The van der Waals surface area contributed by atoms with E-state index in [4.69, 9.17) is 0 Å². The van der Waals surface area contributed by atoms with Crippen molar-refractivity contribution in [2.75, 3.05) is 14.7 Å². The van der Waals surface area contributed by atoms with E-state index in [9.17, 15) is 0 Å². The molecular weight excluding hydrogens is 799 g/mol. The van der Waals surface area contributed by atoms with Crippen LogP contribution in [0.15, 0.2) is 218 Å². The molecule has 0 spiro atoms. The summed E-state index contributed by atoms with van der Waals surface area (Å²) >= 11 is 0. The SMILES string of the molecule is Cc1ccc(N(c2ccc(C)cc2)c2c3ccccc3c(N(c3ccc(C)cc3)c3c4ccccc4c(N(c4ccc(C)cc4)c4ccc(C)cc4)c4ccccc34)c3ccccc23)cc1. The fourth-order valence-electron chi connectivity index (χ4n) is 9.78. The number of fused-ring (bicyclic) bond motifs is 4. The van der Waals surface area contributed by atoms with E-state index in [0.717, 1.165) is 72.7 Å². The van der Waals surface area contributed by atoms with E-state index in [0.29, 0.717) is 0 Å². The van der Waals surface area contributed by atoms with Gasteiger partial charge in [0.15, 0.2) is 0 Å². The van der Waals surface area contributed by atoms with Crippen LogP contribution in [0.4, 0.5) is 51.2 Å². The molecule has 318 valence electrons. The normalized spacial score (nSPS) is 11.4. The maximum Gasteiger partial charge on any atom is 0.0620 e.